The van der Waals surface area contributed by atoms with Gasteiger partial charge in [0, 0.05) is 6.08 Å². The molecular formula is C19H20N2O4. The molecule has 130 valence electrons. The zero-order chi connectivity index (χ0) is 18.1. The van der Waals surface area contributed by atoms with Crippen LogP contribution in [0.25, 0.3) is 6.08 Å². The predicted molar refractivity (Wildman–Crippen MR) is 95.0 cm³/mol. The lowest BCUT2D eigenvalue weighted by atomic mass is 10.2. The fraction of sp³-hybridized carbons (Fsp3) is 0.158. The van der Waals surface area contributed by atoms with E-state index in [1.165, 1.54) is 6.08 Å². The number of aryl methyl sites for hydroxylation is 1. The highest BCUT2D eigenvalue weighted by Crippen LogP contribution is 2.12. The molecule has 0 atom stereocenters. The van der Waals surface area contributed by atoms with Crippen LogP contribution in [0.1, 0.15) is 11.1 Å². The topological polar surface area (TPSA) is 76.7 Å². The lowest BCUT2D eigenvalue weighted by Crippen LogP contribution is -2.43. The molecule has 0 aliphatic carbocycles. The standard InChI is InChI=1S/C19H20N2O4/c1-14-3-8-17(9-4-14)25-13-19(23)21-20-18(22)12-7-15-5-10-16(24-2)11-6-15/h3-12H,13H2,1-2H3,(H,20,22)(H,21,23). The number of methoxy groups -OCH3 is 1. The normalized spacial score (nSPS) is 10.3. The highest BCUT2D eigenvalue weighted by Gasteiger charge is 2.03. The Kier molecular flexibility index (Phi) is 6.59. The SMILES string of the molecule is COc1ccc(C=CC(=O)NNC(=O)COc2ccc(C)cc2)cc1. The van der Waals surface area contributed by atoms with Crippen molar-refractivity contribution in [1.29, 1.82) is 0 Å². The van der Waals surface area contributed by atoms with Gasteiger partial charge < -0.3 is 9.47 Å². The van der Waals surface area contributed by atoms with Gasteiger partial charge in [0.05, 0.1) is 7.11 Å². The molecule has 0 spiro atoms. The summed E-state index contributed by atoms with van der Waals surface area (Å²) in [4.78, 5) is 23.3. The van der Waals surface area contributed by atoms with Crippen molar-refractivity contribution in [2.45, 2.75) is 6.92 Å². The summed E-state index contributed by atoms with van der Waals surface area (Å²) >= 11 is 0. The van der Waals surface area contributed by atoms with Crippen LogP contribution in [0.3, 0.4) is 0 Å². The Labute approximate surface area is 146 Å². The van der Waals surface area contributed by atoms with E-state index in [1.54, 1.807) is 37.5 Å². The quantitative estimate of drug-likeness (QED) is 0.625. The number of benzene rings is 2. The van der Waals surface area contributed by atoms with Gasteiger partial charge in [-0.3, -0.25) is 20.4 Å². The summed E-state index contributed by atoms with van der Waals surface area (Å²) in [5.41, 5.74) is 6.52. The van der Waals surface area contributed by atoms with Gasteiger partial charge in [-0.1, -0.05) is 29.8 Å². The number of amides is 2. The third-order valence-electron chi connectivity index (χ3n) is 3.26. The maximum Gasteiger partial charge on any atom is 0.276 e. The summed E-state index contributed by atoms with van der Waals surface area (Å²) in [6.45, 7) is 1.77. The van der Waals surface area contributed by atoms with Gasteiger partial charge in [-0.05, 0) is 42.8 Å². The molecule has 0 unspecified atom stereocenters. The lowest BCUT2D eigenvalue weighted by molar-refractivity contribution is -0.128. The van der Waals surface area contributed by atoms with Crippen LogP contribution in [0.4, 0.5) is 0 Å². The van der Waals surface area contributed by atoms with Crippen molar-refractivity contribution in [2.75, 3.05) is 13.7 Å². The zero-order valence-electron chi connectivity index (χ0n) is 14.1. The molecule has 2 N–H and O–H groups in total. The first-order valence-electron chi connectivity index (χ1n) is 7.67. The average Bonchev–Trinajstić information content (AvgIpc) is 2.64. The smallest absolute Gasteiger partial charge is 0.276 e. The van der Waals surface area contributed by atoms with Crippen molar-refractivity contribution < 1.29 is 19.1 Å². The second-order valence-corrected chi connectivity index (χ2v) is 5.25. The van der Waals surface area contributed by atoms with Crippen molar-refractivity contribution in [1.82, 2.24) is 10.9 Å². The summed E-state index contributed by atoms with van der Waals surface area (Å²) in [7, 11) is 1.59. The van der Waals surface area contributed by atoms with E-state index < -0.39 is 11.8 Å². The molecule has 0 aliphatic heterocycles. The second-order valence-electron chi connectivity index (χ2n) is 5.25. The van der Waals surface area contributed by atoms with Crippen molar-refractivity contribution in [3.8, 4) is 11.5 Å². The monoisotopic (exact) mass is 340 g/mol. The van der Waals surface area contributed by atoms with Gasteiger partial charge in [0.2, 0.25) is 0 Å². The molecule has 2 amide bonds. The van der Waals surface area contributed by atoms with Crippen molar-refractivity contribution in [3.05, 3.63) is 65.7 Å². The first kappa shape index (κ1) is 18.1. The van der Waals surface area contributed by atoms with E-state index in [1.807, 2.05) is 31.2 Å². The lowest BCUT2D eigenvalue weighted by Gasteiger charge is -2.07. The van der Waals surface area contributed by atoms with E-state index in [-0.39, 0.29) is 6.61 Å². The molecule has 25 heavy (non-hydrogen) atoms. The minimum absolute atomic E-state index is 0.189. The molecule has 2 rings (SSSR count). The summed E-state index contributed by atoms with van der Waals surface area (Å²) in [6.07, 6.45) is 2.95. The number of nitrogens with one attached hydrogen (secondary N) is 2. The van der Waals surface area contributed by atoms with Crippen LogP contribution >= 0.6 is 0 Å². The van der Waals surface area contributed by atoms with Crippen LogP contribution in [0.5, 0.6) is 11.5 Å². The second kappa shape index (κ2) is 9.12. The molecule has 0 saturated carbocycles. The van der Waals surface area contributed by atoms with Crippen LogP contribution in [0.15, 0.2) is 54.6 Å². The van der Waals surface area contributed by atoms with Gasteiger partial charge in [0.15, 0.2) is 6.61 Å². The van der Waals surface area contributed by atoms with Crippen LogP contribution in [0, 0.1) is 6.92 Å². The molecule has 2 aromatic rings. The highest BCUT2D eigenvalue weighted by molar-refractivity contribution is 5.93. The molecule has 6 nitrogen and oxygen atoms in total. The minimum atomic E-state index is -0.452. The first-order chi connectivity index (χ1) is 12.1. The van der Waals surface area contributed by atoms with Crippen LogP contribution in [-0.2, 0) is 9.59 Å². The Morgan fingerprint density at radius 2 is 1.60 bits per heavy atom. The van der Waals surface area contributed by atoms with E-state index >= 15 is 0 Å². The van der Waals surface area contributed by atoms with Gasteiger partial charge >= 0.3 is 0 Å². The minimum Gasteiger partial charge on any atom is -0.497 e. The Bertz CT molecular complexity index is 737. The Morgan fingerprint density at radius 1 is 0.960 bits per heavy atom. The Hall–Kier alpha value is -3.28. The first-order valence-corrected chi connectivity index (χ1v) is 7.67. The predicted octanol–water partition coefficient (Wildman–Crippen LogP) is 2.24. The highest BCUT2D eigenvalue weighted by atomic mass is 16.5. The number of hydrogen-bond donors (Lipinski definition) is 2. The summed E-state index contributed by atoms with van der Waals surface area (Å²) < 4.78 is 10.4. The largest absolute Gasteiger partial charge is 0.497 e. The molecule has 0 fully saturated rings. The molecular weight excluding hydrogens is 320 g/mol. The number of ether oxygens (including phenoxy) is 2. The maximum atomic E-state index is 11.7. The summed E-state index contributed by atoms with van der Waals surface area (Å²) in [5, 5.41) is 0. The zero-order valence-corrected chi connectivity index (χ0v) is 14.1. The Morgan fingerprint density at radius 3 is 2.24 bits per heavy atom. The molecule has 0 aromatic heterocycles. The molecule has 2 aromatic carbocycles. The van der Waals surface area contributed by atoms with Gasteiger partial charge in [-0.15, -0.1) is 0 Å². The van der Waals surface area contributed by atoms with Crippen LogP contribution in [0.2, 0.25) is 0 Å². The third kappa shape index (κ3) is 6.39. The molecule has 0 radical (unpaired) electrons. The molecule has 6 heteroatoms. The van der Waals surface area contributed by atoms with Gasteiger partial charge in [0.1, 0.15) is 11.5 Å². The summed E-state index contributed by atoms with van der Waals surface area (Å²) in [5.74, 6) is 0.431. The Balaban J connectivity index is 1.72. The van der Waals surface area contributed by atoms with Gasteiger partial charge in [-0.2, -0.15) is 0 Å². The van der Waals surface area contributed by atoms with E-state index in [2.05, 4.69) is 10.9 Å². The average molecular weight is 340 g/mol. The number of hydrogen-bond acceptors (Lipinski definition) is 4. The van der Waals surface area contributed by atoms with Crippen LogP contribution in [-0.4, -0.2) is 25.5 Å². The fourth-order valence-corrected chi connectivity index (χ4v) is 1.88. The molecule has 0 saturated heterocycles. The molecule has 0 bridgehead atoms. The molecule has 0 heterocycles. The van der Waals surface area contributed by atoms with E-state index in [0.717, 1.165) is 16.9 Å². The van der Waals surface area contributed by atoms with Gasteiger partial charge in [0.25, 0.3) is 11.8 Å². The van der Waals surface area contributed by atoms with Crippen molar-refractivity contribution in [3.63, 3.8) is 0 Å². The number of hydrazine groups is 1. The third-order valence-corrected chi connectivity index (χ3v) is 3.26. The maximum absolute atomic E-state index is 11.7. The summed E-state index contributed by atoms with van der Waals surface area (Å²) in [6, 6.07) is 14.5. The van der Waals surface area contributed by atoms with Crippen molar-refractivity contribution in [2.24, 2.45) is 0 Å². The number of carbonyl (C=O) groups excluding carboxylic acids is 2. The van der Waals surface area contributed by atoms with E-state index in [4.69, 9.17) is 9.47 Å². The number of carbonyl (C=O) groups is 2. The fourth-order valence-electron chi connectivity index (χ4n) is 1.88. The van der Waals surface area contributed by atoms with E-state index in [0.29, 0.717) is 5.75 Å². The van der Waals surface area contributed by atoms with Gasteiger partial charge in [-0.25, -0.2) is 0 Å². The van der Waals surface area contributed by atoms with Crippen LogP contribution < -0.4 is 20.3 Å². The number of rotatable bonds is 6. The van der Waals surface area contributed by atoms with Crippen molar-refractivity contribution >= 4 is 17.9 Å². The van der Waals surface area contributed by atoms with E-state index in [9.17, 15) is 9.59 Å². The molecule has 0 aliphatic rings.